The van der Waals surface area contributed by atoms with Gasteiger partial charge in [0, 0.05) is 30.6 Å². The normalized spacial score (nSPS) is 13.2. The predicted molar refractivity (Wildman–Crippen MR) is 55.1 cm³/mol. The van der Waals surface area contributed by atoms with Crippen LogP contribution in [0, 0.1) is 6.92 Å². The van der Waals surface area contributed by atoms with Gasteiger partial charge in [0.15, 0.2) is 0 Å². The van der Waals surface area contributed by atoms with Crippen LogP contribution in [-0.4, -0.2) is 29.3 Å². The summed E-state index contributed by atoms with van der Waals surface area (Å²) in [6.07, 6.45) is 0.684. The van der Waals surface area contributed by atoms with Crippen LogP contribution in [0.15, 0.2) is 5.38 Å². The van der Waals surface area contributed by atoms with Crippen molar-refractivity contribution in [2.75, 3.05) is 13.1 Å². The number of aromatic nitrogens is 1. The molecule has 1 aromatic rings. The van der Waals surface area contributed by atoms with Gasteiger partial charge in [-0.2, -0.15) is 0 Å². The van der Waals surface area contributed by atoms with Crippen molar-refractivity contribution in [3.05, 3.63) is 16.1 Å². The van der Waals surface area contributed by atoms with E-state index in [-0.39, 0.29) is 6.10 Å². The lowest BCUT2D eigenvalue weighted by atomic mass is 10.4. The van der Waals surface area contributed by atoms with Gasteiger partial charge in [-0.25, -0.2) is 4.98 Å². The molecule has 0 bridgehead atoms. The second-order valence-corrected chi connectivity index (χ2v) is 4.13. The van der Waals surface area contributed by atoms with Crippen LogP contribution >= 0.6 is 11.3 Å². The summed E-state index contributed by atoms with van der Waals surface area (Å²) in [6.45, 7) is 5.33. The first-order valence-corrected chi connectivity index (χ1v) is 5.36. The minimum Gasteiger partial charge on any atom is -0.392 e. The molecule has 0 aliphatic heterocycles. The van der Waals surface area contributed by atoms with Crippen LogP contribution in [0.1, 0.15) is 17.6 Å². The monoisotopic (exact) mass is 200 g/mol. The van der Waals surface area contributed by atoms with Gasteiger partial charge in [-0.3, -0.25) is 0 Å². The Bertz CT molecular complexity index is 248. The Hall–Kier alpha value is -0.450. The van der Waals surface area contributed by atoms with E-state index < -0.39 is 0 Å². The molecule has 0 saturated carbocycles. The fourth-order valence-electron chi connectivity index (χ4n) is 1.02. The second kappa shape index (κ2) is 5.32. The highest BCUT2D eigenvalue weighted by Crippen LogP contribution is 2.08. The highest BCUT2D eigenvalue weighted by Gasteiger charge is 1.98. The van der Waals surface area contributed by atoms with Crippen molar-refractivity contribution < 1.29 is 5.11 Å². The SMILES string of the molecule is Cc1csc(CCNCC(C)O)n1. The number of hydrogen-bond acceptors (Lipinski definition) is 4. The van der Waals surface area contributed by atoms with E-state index >= 15 is 0 Å². The summed E-state index contributed by atoms with van der Waals surface area (Å²) in [5.41, 5.74) is 1.09. The number of rotatable bonds is 5. The lowest BCUT2D eigenvalue weighted by Crippen LogP contribution is -2.26. The zero-order valence-electron chi connectivity index (χ0n) is 8.08. The van der Waals surface area contributed by atoms with Crippen LogP contribution in [0.25, 0.3) is 0 Å². The Morgan fingerprint density at radius 1 is 1.69 bits per heavy atom. The summed E-state index contributed by atoms with van der Waals surface area (Å²) in [6, 6.07) is 0. The van der Waals surface area contributed by atoms with Crippen molar-refractivity contribution in [1.82, 2.24) is 10.3 Å². The third kappa shape index (κ3) is 4.36. The van der Waals surface area contributed by atoms with Crippen molar-refractivity contribution in [3.63, 3.8) is 0 Å². The van der Waals surface area contributed by atoms with Crippen LogP contribution < -0.4 is 5.32 Å². The van der Waals surface area contributed by atoms with Gasteiger partial charge < -0.3 is 10.4 Å². The van der Waals surface area contributed by atoms with Gasteiger partial charge in [-0.15, -0.1) is 11.3 Å². The van der Waals surface area contributed by atoms with Crippen LogP contribution in [0.5, 0.6) is 0 Å². The first-order valence-electron chi connectivity index (χ1n) is 4.48. The molecular formula is C9H16N2OS. The van der Waals surface area contributed by atoms with Gasteiger partial charge in [-0.05, 0) is 13.8 Å². The summed E-state index contributed by atoms with van der Waals surface area (Å²) in [5.74, 6) is 0. The molecule has 0 amide bonds. The maximum absolute atomic E-state index is 8.98. The molecule has 0 spiro atoms. The number of hydrogen-bond donors (Lipinski definition) is 2. The molecule has 1 aromatic heterocycles. The molecule has 2 N–H and O–H groups in total. The predicted octanol–water partition coefficient (Wildman–Crippen LogP) is 0.964. The fourth-order valence-corrected chi connectivity index (χ4v) is 1.80. The quantitative estimate of drug-likeness (QED) is 0.696. The van der Waals surface area contributed by atoms with E-state index in [1.165, 1.54) is 0 Å². The number of aliphatic hydroxyl groups is 1. The summed E-state index contributed by atoms with van der Waals surface area (Å²) < 4.78 is 0. The average Bonchev–Trinajstić information content (AvgIpc) is 2.45. The van der Waals surface area contributed by atoms with Crippen LogP contribution in [-0.2, 0) is 6.42 Å². The second-order valence-electron chi connectivity index (χ2n) is 3.19. The van der Waals surface area contributed by atoms with E-state index in [1.54, 1.807) is 18.3 Å². The highest BCUT2D eigenvalue weighted by molar-refractivity contribution is 7.09. The number of nitrogens with zero attached hydrogens (tertiary/aromatic N) is 1. The zero-order valence-corrected chi connectivity index (χ0v) is 8.90. The fraction of sp³-hybridized carbons (Fsp3) is 0.667. The molecule has 1 rings (SSSR count). The van der Waals surface area contributed by atoms with Crippen molar-refractivity contribution in [2.24, 2.45) is 0 Å². The Labute approximate surface area is 82.8 Å². The third-order valence-corrected chi connectivity index (χ3v) is 2.65. The molecule has 0 radical (unpaired) electrons. The summed E-state index contributed by atoms with van der Waals surface area (Å²) in [5, 5.41) is 15.4. The zero-order chi connectivity index (χ0) is 9.68. The van der Waals surface area contributed by atoms with Gasteiger partial charge in [0.25, 0.3) is 0 Å². The molecule has 1 unspecified atom stereocenters. The maximum atomic E-state index is 8.98. The summed E-state index contributed by atoms with van der Waals surface area (Å²) in [4.78, 5) is 4.34. The molecule has 0 aromatic carbocycles. The smallest absolute Gasteiger partial charge is 0.0940 e. The first kappa shape index (κ1) is 10.6. The minimum absolute atomic E-state index is 0.266. The number of nitrogens with one attached hydrogen (secondary N) is 1. The van der Waals surface area contributed by atoms with Gasteiger partial charge in [-0.1, -0.05) is 0 Å². The molecule has 0 aliphatic rings. The molecule has 1 atom stereocenters. The Morgan fingerprint density at radius 3 is 3.00 bits per heavy atom. The summed E-state index contributed by atoms with van der Waals surface area (Å²) >= 11 is 1.69. The molecule has 74 valence electrons. The molecular weight excluding hydrogens is 184 g/mol. The van der Waals surface area contributed by atoms with Gasteiger partial charge >= 0.3 is 0 Å². The van der Waals surface area contributed by atoms with Gasteiger partial charge in [0.05, 0.1) is 11.1 Å². The number of thiazole rings is 1. The number of aliphatic hydroxyl groups excluding tert-OH is 1. The topological polar surface area (TPSA) is 45.1 Å². The molecule has 13 heavy (non-hydrogen) atoms. The Kier molecular flexibility index (Phi) is 4.35. The lowest BCUT2D eigenvalue weighted by Gasteiger charge is -2.04. The minimum atomic E-state index is -0.266. The largest absolute Gasteiger partial charge is 0.392 e. The van der Waals surface area contributed by atoms with E-state index in [4.69, 9.17) is 5.11 Å². The molecule has 4 heteroatoms. The van der Waals surface area contributed by atoms with E-state index in [0.29, 0.717) is 6.54 Å². The Morgan fingerprint density at radius 2 is 2.46 bits per heavy atom. The standard InChI is InChI=1S/C9H16N2OS/c1-7-6-13-9(11-7)3-4-10-5-8(2)12/h6,8,10,12H,3-5H2,1-2H3. The molecule has 0 aliphatic carbocycles. The maximum Gasteiger partial charge on any atom is 0.0940 e. The molecule has 1 heterocycles. The van der Waals surface area contributed by atoms with Crippen molar-refractivity contribution in [1.29, 1.82) is 0 Å². The number of aryl methyl sites for hydroxylation is 1. The average molecular weight is 200 g/mol. The Balaban J connectivity index is 2.13. The molecule has 0 saturated heterocycles. The van der Waals surface area contributed by atoms with Crippen molar-refractivity contribution in [2.45, 2.75) is 26.4 Å². The van der Waals surface area contributed by atoms with Crippen LogP contribution in [0.2, 0.25) is 0 Å². The third-order valence-electron chi connectivity index (χ3n) is 1.62. The van der Waals surface area contributed by atoms with E-state index in [2.05, 4.69) is 15.7 Å². The van der Waals surface area contributed by atoms with Crippen LogP contribution in [0.3, 0.4) is 0 Å². The lowest BCUT2D eigenvalue weighted by molar-refractivity contribution is 0.191. The first-order chi connectivity index (χ1) is 6.18. The van der Waals surface area contributed by atoms with Gasteiger partial charge in [0.1, 0.15) is 0 Å². The van der Waals surface area contributed by atoms with E-state index in [0.717, 1.165) is 23.7 Å². The van der Waals surface area contributed by atoms with E-state index in [1.807, 2.05) is 6.92 Å². The van der Waals surface area contributed by atoms with Crippen molar-refractivity contribution >= 4 is 11.3 Å². The van der Waals surface area contributed by atoms with E-state index in [9.17, 15) is 0 Å². The molecule has 3 nitrogen and oxygen atoms in total. The molecule has 0 fully saturated rings. The summed E-state index contributed by atoms with van der Waals surface area (Å²) in [7, 11) is 0. The highest BCUT2D eigenvalue weighted by atomic mass is 32.1. The van der Waals surface area contributed by atoms with Crippen molar-refractivity contribution in [3.8, 4) is 0 Å². The van der Waals surface area contributed by atoms with Crippen LogP contribution in [0.4, 0.5) is 0 Å². The van der Waals surface area contributed by atoms with Gasteiger partial charge in [0.2, 0.25) is 0 Å².